The molecule has 3 rings (SSSR count). The van der Waals surface area contributed by atoms with E-state index in [-0.39, 0.29) is 0 Å². The monoisotopic (exact) mass is 295 g/mol. The molecule has 22 heavy (non-hydrogen) atoms. The first-order valence-corrected chi connectivity index (χ1v) is 7.67. The molecule has 5 nitrogen and oxygen atoms in total. The second kappa shape index (κ2) is 6.44. The lowest BCUT2D eigenvalue weighted by Crippen LogP contribution is -2.08. The van der Waals surface area contributed by atoms with Gasteiger partial charge in [0.15, 0.2) is 13.1 Å². The molecule has 1 aromatic rings. The van der Waals surface area contributed by atoms with Gasteiger partial charge in [-0.1, -0.05) is 24.4 Å². The van der Waals surface area contributed by atoms with Crippen LogP contribution in [-0.2, 0) is 13.1 Å². The Hall–Kier alpha value is -2.61. The molecule has 0 saturated heterocycles. The Kier molecular flexibility index (Phi) is 4.19. The molecule has 5 heteroatoms. The van der Waals surface area contributed by atoms with E-state index < -0.39 is 0 Å². The molecule has 0 radical (unpaired) electrons. The Balaban J connectivity index is 1.74. The Bertz CT molecular complexity index is 722. The minimum absolute atomic E-state index is 0.741. The van der Waals surface area contributed by atoms with Crippen molar-refractivity contribution in [2.45, 2.75) is 26.9 Å². The molecule has 0 unspecified atom stereocenters. The summed E-state index contributed by atoms with van der Waals surface area (Å²) >= 11 is 0. The topological polar surface area (TPSA) is 24.9 Å². The van der Waals surface area contributed by atoms with Crippen molar-refractivity contribution in [2.75, 3.05) is 13.1 Å². The predicted octanol–water partition coefficient (Wildman–Crippen LogP) is 1.49. The van der Waals surface area contributed by atoms with Gasteiger partial charge in [0.2, 0.25) is 37.9 Å². The van der Waals surface area contributed by atoms with Crippen LogP contribution in [0.4, 0.5) is 0 Å². The lowest BCUT2D eigenvalue weighted by atomic mass is 10.3. The Morgan fingerprint density at radius 2 is 1.23 bits per heavy atom. The van der Waals surface area contributed by atoms with Gasteiger partial charge >= 0.3 is 12.0 Å². The lowest BCUT2D eigenvalue weighted by molar-refractivity contribution is -0.493. The average Bonchev–Trinajstić information content (AvgIpc) is 3.16. The number of pyridine rings is 1. The fraction of sp³-hybridized carbons (Fsp3) is 0.353. The van der Waals surface area contributed by atoms with Crippen LogP contribution in [-0.4, -0.2) is 48.4 Å². The van der Waals surface area contributed by atoms with Crippen LogP contribution in [0.5, 0.6) is 0 Å². The van der Waals surface area contributed by atoms with Crippen molar-refractivity contribution < 1.29 is 18.3 Å². The molecule has 0 N–H and O–H groups in total. The number of nitrogens with zero attached hydrogens (tertiary/aromatic N) is 5. The van der Waals surface area contributed by atoms with Gasteiger partial charge in [-0.3, -0.25) is 0 Å². The first kappa shape index (κ1) is 14.3. The van der Waals surface area contributed by atoms with E-state index in [0.717, 1.165) is 37.6 Å². The van der Waals surface area contributed by atoms with E-state index in [2.05, 4.69) is 44.1 Å². The van der Waals surface area contributed by atoms with E-state index in [1.807, 2.05) is 43.1 Å². The van der Waals surface area contributed by atoms with Crippen molar-refractivity contribution >= 4 is 12.0 Å². The molecule has 0 bridgehead atoms. The van der Waals surface area contributed by atoms with Crippen LogP contribution in [0.2, 0.25) is 0 Å². The zero-order valence-corrected chi connectivity index (χ0v) is 13.1. The molecule has 0 aliphatic carbocycles. The summed E-state index contributed by atoms with van der Waals surface area (Å²) in [6.45, 7) is 7.56. The molecule has 2 aliphatic heterocycles. The third kappa shape index (κ3) is 3.34. The molecule has 110 valence electrons. The first-order valence-electron chi connectivity index (χ1n) is 7.67. The second-order valence-electron chi connectivity index (χ2n) is 5.24. The van der Waals surface area contributed by atoms with E-state index in [4.69, 9.17) is 4.98 Å². The van der Waals surface area contributed by atoms with Crippen LogP contribution >= 0.6 is 0 Å². The summed E-state index contributed by atoms with van der Waals surface area (Å²) in [6, 6.07) is 12.7. The average molecular weight is 295 g/mol. The minimum atomic E-state index is 0.741. The van der Waals surface area contributed by atoms with Gasteiger partial charge < -0.3 is 0 Å². The third-order valence-electron chi connectivity index (χ3n) is 3.58. The number of aromatic nitrogens is 1. The summed E-state index contributed by atoms with van der Waals surface area (Å²) in [5.74, 6) is 0. The van der Waals surface area contributed by atoms with Gasteiger partial charge in [-0.05, 0) is 26.0 Å². The summed E-state index contributed by atoms with van der Waals surface area (Å²) in [7, 11) is 0. The smallest absolute Gasteiger partial charge is 0.244 e. The maximum atomic E-state index is 4.73. The SMILES string of the molecule is CC[N+]1=C=[N+](Cc2cccc(C[N+]3=C=[N+](CC)C=C3)n2)C=C1. The van der Waals surface area contributed by atoms with E-state index in [9.17, 15) is 0 Å². The molecule has 0 aromatic carbocycles. The molecule has 0 fully saturated rings. The van der Waals surface area contributed by atoms with E-state index in [1.165, 1.54) is 0 Å². The van der Waals surface area contributed by atoms with Crippen molar-refractivity contribution in [1.82, 2.24) is 4.98 Å². The molecule has 0 spiro atoms. The number of hydrogen-bond acceptors (Lipinski definition) is 1. The van der Waals surface area contributed by atoms with Crippen LogP contribution in [0.25, 0.3) is 0 Å². The predicted molar refractivity (Wildman–Crippen MR) is 82.1 cm³/mol. The van der Waals surface area contributed by atoms with Crippen molar-refractivity contribution in [2.24, 2.45) is 0 Å². The van der Waals surface area contributed by atoms with Crippen LogP contribution in [0, 0.1) is 0 Å². The zero-order valence-electron chi connectivity index (χ0n) is 13.1. The normalized spacial score (nSPS) is 15.7. The van der Waals surface area contributed by atoms with Crippen LogP contribution in [0.15, 0.2) is 43.0 Å². The fourth-order valence-corrected chi connectivity index (χ4v) is 2.37. The highest BCUT2D eigenvalue weighted by molar-refractivity contribution is 5.30. The maximum absolute atomic E-state index is 4.73. The molecule has 0 amide bonds. The summed E-state index contributed by atoms with van der Waals surface area (Å²) in [4.78, 5) is 4.73. The van der Waals surface area contributed by atoms with Crippen molar-refractivity contribution in [1.29, 1.82) is 0 Å². The van der Waals surface area contributed by atoms with E-state index >= 15 is 0 Å². The van der Waals surface area contributed by atoms with Gasteiger partial charge in [0.1, 0.15) is 11.4 Å². The van der Waals surface area contributed by atoms with Crippen molar-refractivity contribution in [3.05, 3.63) is 54.4 Å². The van der Waals surface area contributed by atoms with Gasteiger partial charge in [0, 0.05) is 0 Å². The summed E-state index contributed by atoms with van der Waals surface area (Å²) in [5.41, 5.74) is 2.09. The van der Waals surface area contributed by atoms with Crippen LogP contribution < -0.4 is 0 Å². The Morgan fingerprint density at radius 1 is 0.773 bits per heavy atom. The van der Waals surface area contributed by atoms with Crippen LogP contribution in [0.1, 0.15) is 25.2 Å². The first-order chi connectivity index (χ1) is 10.8. The molecular weight excluding hydrogens is 274 g/mol. The number of hydrogen-bond donors (Lipinski definition) is 0. The van der Waals surface area contributed by atoms with Gasteiger partial charge in [-0.2, -0.15) is 0 Å². The minimum Gasteiger partial charge on any atom is -0.244 e. The van der Waals surface area contributed by atoms with Gasteiger partial charge in [0.25, 0.3) is 0 Å². The molecule has 3 heterocycles. The highest BCUT2D eigenvalue weighted by atomic mass is 15.1. The Labute approximate surface area is 130 Å². The molecular formula is C17H21N5+4. The Morgan fingerprint density at radius 3 is 1.64 bits per heavy atom. The van der Waals surface area contributed by atoms with Gasteiger partial charge in [-0.25, -0.2) is 4.98 Å². The fourth-order valence-electron chi connectivity index (χ4n) is 2.37. The summed E-state index contributed by atoms with van der Waals surface area (Å²) in [5, 5.41) is 0. The largest absolute Gasteiger partial charge is 0.489 e. The molecule has 0 atom stereocenters. The lowest BCUT2D eigenvalue weighted by Gasteiger charge is -1.97. The van der Waals surface area contributed by atoms with Crippen molar-refractivity contribution in [3.63, 3.8) is 0 Å². The zero-order chi connectivity index (χ0) is 15.4. The van der Waals surface area contributed by atoms with Gasteiger partial charge in [-0.15, -0.1) is 0 Å². The maximum Gasteiger partial charge on any atom is 0.489 e. The van der Waals surface area contributed by atoms with Crippen LogP contribution in [0.3, 0.4) is 0 Å². The molecule has 2 aliphatic rings. The molecule has 1 aromatic heterocycles. The standard InChI is InChI=1S/C17H21N5/c1-3-19-8-10-21(14-19)12-16-6-5-7-17(18-16)13-22-11-9-20(4-2)15-22/h5-11H,3-4,12-13H2,1-2H3/q+4. The number of rotatable bonds is 6. The van der Waals surface area contributed by atoms with E-state index in [0.29, 0.717) is 0 Å². The quantitative estimate of drug-likeness (QED) is 0.730. The van der Waals surface area contributed by atoms with E-state index in [1.54, 1.807) is 0 Å². The van der Waals surface area contributed by atoms with Crippen molar-refractivity contribution in [3.8, 4) is 0 Å². The summed E-state index contributed by atoms with van der Waals surface area (Å²) < 4.78 is 8.12. The second-order valence-corrected chi connectivity index (χ2v) is 5.24. The highest BCUT2D eigenvalue weighted by Crippen LogP contribution is 2.04. The molecule has 0 saturated carbocycles. The third-order valence-corrected chi connectivity index (χ3v) is 3.58. The van der Waals surface area contributed by atoms with Gasteiger partial charge in [0.05, 0.1) is 0 Å². The summed E-state index contributed by atoms with van der Waals surface area (Å²) in [6.07, 6.45) is 8.12. The highest BCUT2D eigenvalue weighted by Gasteiger charge is 2.18.